The van der Waals surface area contributed by atoms with Crippen molar-refractivity contribution in [3.05, 3.63) is 23.8 Å². The fraction of sp³-hybridized carbons (Fsp3) is 0.333. The zero-order chi connectivity index (χ0) is 13.3. The van der Waals surface area contributed by atoms with Gasteiger partial charge in [0.15, 0.2) is 0 Å². The van der Waals surface area contributed by atoms with Gasteiger partial charge in [-0.2, -0.15) is 13.2 Å². The maximum absolute atomic E-state index is 12.6. The normalized spacial score (nSPS) is 12.5. The number of benzene rings is 1. The fourth-order valence-corrected chi connectivity index (χ4v) is 2.55. The van der Waals surface area contributed by atoms with E-state index < -0.39 is 31.4 Å². The van der Waals surface area contributed by atoms with Crippen molar-refractivity contribution < 1.29 is 26.3 Å². The maximum Gasteiger partial charge on any atom is 0.417 e. The largest absolute Gasteiger partial charge is 0.492 e. The zero-order valence-electron chi connectivity index (χ0n) is 8.58. The van der Waals surface area contributed by atoms with Crippen LogP contribution in [0, 0.1) is 0 Å². The predicted molar refractivity (Wildman–Crippen MR) is 55.7 cm³/mol. The summed E-state index contributed by atoms with van der Waals surface area (Å²) in [5.74, 6) is -0.405. The van der Waals surface area contributed by atoms with Crippen LogP contribution in [0.2, 0.25) is 0 Å². The molecule has 0 aliphatic rings. The first-order valence-corrected chi connectivity index (χ1v) is 6.76. The van der Waals surface area contributed by atoms with E-state index in [4.69, 9.17) is 15.4 Å². The topological polar surface area (TPSA) is 43.4 Å². The molecule has 0 amide bonds. The second-order valence-electron chi connectivity index (χ2n) is 3.00. The van der Waals surface area contributed by atoms with Crippen LogP contribution in [0.1, 0.15) is 12.5 Å². The van der Waals surface area contributed by atoms with Crippen molar-refractivity contribution in [2.75, 3.05) is 6.61 Å². The van der Waals surface area contributed by atoms with Crippen molar-refractivity contribution in [1.82, 2.24) is 0 Å². The molecule has 0 aliphatic heterocycles. The van der Waals surface area contributed by atoms with Crippen molar-refractivity contribution >= 4 is 19.7 Å². The number of halogens is 4. The van der Waals surface area contributed by atoms with Crippen LogP contribution in [0.5, 0.6) is 5.75 Å². The monoisotopic (exact) mass is 288 g/mol. The lowest BCUT2D eigenvalue weighted by molar-refractivity contribution is -0.140. The van der Waals surface area contributed by atoms with E-state index >= 15 is 0 Å². The summed E-state index contributed by atoms with van der Waals surface area (Å²) in [5.41, 5.74) is -1.33. The first-order valence-electron chi connectivity index (χ1n) is 4.45. The average molecular weight is 289 g/mol. The van der Waals surface area contributed by atoms with Gasteiger partial charge in [0.05, 0.1) is 12.2 Å². The summed E-state index contributed by atoms with van der Waals surface area (Å²) in [5, 5.41) is 0. The van der Waals surface area contributed by atoms with Crippen LogP contribution in [0.3, 0.4) is 0 Å². The van der Waals surface area contributed by atoms with Crippen LogP contribution < -0.4 is 4.74 Å². The lowest BCUT2D eigenvalue weighted by Gasteiger charge is -2.14. The van der Waals surface area contributed by atoms with Gasteiger partial charge in [-0.25, -0.2) is 8.42 Å². The van der Waals surface area contributed by atoms with E-state index in [1.165, 1.54) is 6.92 Å². The molecule has 0 unspecified atom stereocenters. The quantitative estimate of drug-likeness (QED) is 0.803. The first-order chi connectivity index (χ1) is 7.68. The van der Waals surface area contributed by atoms with Crippen LogP contribution >= 0.6 is 10.7 Å². The number of ether oxygens (including phenoxy) is 1. The summed E-state index contributed by atoms with van der Waals surface area (Å²) in [6.45, 7) is 1.55. The molecule has 0 aliphatic carbocycles. The standard InChI is InChI=1S/C9H8ClF3O3S/c1-2-16-7-5-3-4-6(9(11,12)13)8(7)17(10,14)15/h3-5H,2H2,1H3. The summed E-state index contributed by atoms with van der Waals surface area (Å²) < 4.78 is 65.1. The summed E-state index contributed by atoms with van der Waals surface area (Å²) in [6.07, 6.45) is -4.82. The summed E-state index contributed by atoms with van der Waals surface area (Å²) in [4.78, 5) is -1.05. The first kappa shape index (κ1) is 14.1. The van der Waals surface area contributed by atoms with E-state index in [0.29, 0.717) is 6.07 Å². The van der Waals surface area contributed by atoms with Crippen molar-refractivity contribution in [3.63, 3.8) is 0 Å². The Hall–Kier alpha value is -0.950. The fourth-order valence-electron chi connectivity index (χ4n) is 1.26. The third kappa shape index (κ3) is 3.26. The molecule has 0 fully saturated rings. The molecule has 1 aromatic rings. The van der Waals surface area contributed by atoms with Gasteiger partial charge in [-0.1, -0.05) is 6.07 Å². The van der Waals surface area contributed by atoms with Gasteiger partial charge < -0.3 is 4.74 Å². The molecular formula is C9H8ClF3O3S. The molecular weight excluding hydrogens is 281 g/mol. The molecule has 0 bridgehead atoms. The molecule has 0 radical (unpaired) electrons. The Morgan fingerprint density at radius 3 is 2.35 bits per heavy atom. The van der Waals surface area contributed by atoms with Gasteiger partial charge in [0.2, 0.25) is 0 Å². The molecule has 0 spiro atoms. The lowest BCUT2D eigenvalue weighted by atomic mass is 10.2. The Morgan fingerprint density at radius 2 is 1.94 bits per heavy atom. The van der Waals surface area contributed by atoms with Gasteiger partial charge in [0.25, 0.3) is 9.05 Å². The van der Waals surface area contributed by atoms with E-state index in [1.54, 1.807) is 0 Å². The molecule has 0 saturated carbocycles. The number of hydrogen-bond donors (Lipinski definition) is 0. The van der Waals surface area contributed by atoms with Gasteiger partial charge >= 0.3 is 6.18 Å². The van der Waals surface area contributed by atoms with E-state index in [0.717, 1.165) is 12.1 Å². The van der Waals surface area contributed by atoms with E-state index in [1.807, 2.05) is 0 Å². The van der Waals surface area contributed by atoms with Crippen LogP contribution in [-0.4, -0.2) is 15.0 Å². The van der Waals surface area contributed by atoms with Gasteiger partial charge in [-0.3, -0.25) is 0 Å². The van der Waals surface area contributed by atoms with Crippen LogP contribution in [0.4, 0.5) is 13.2 Å². The Morgan fingerprint density at radius 1 is 1.35 bits per heavy atom. The Balaban J connectivity index is 3.58. The molecule has 3 nitrogen and oxygen atoms in total. The third-order valence-electron chi connectivity index (χ3n) is 1.83. The SMILES string of the molecule is CCOc1cccc(C(F)(F)F)c1S(=O)(=O)Cl. The third-order valence-corrected chi connectivity index (χ3v) is 3.20. The van der Waals surface area contributed by atoms with Crippen molar-refractivity contribution in [1.29, 1.82) is 0 Å². The predicted octanol–water partition coefficient (Wildman–Crippen LogP) is 3.03. The van der Waals surface area contributed by atoms with Crippen LogP contribution in [0.15, 0.2) is 23.1 Å². The van der Waals surface area contributed by atoms with Crippen LogP contribution in [0.25, 0.3) is 0 Å². The molecule has 17 heavy (non-hydrogen) atoms. The highest BCUT2D eigenvalue weighted by atomic mass is 35.7. The molecule has 8 heteroatoms. The minimum atomic E-state index is -4.82. The zero-order valence-corrected chi connectivity index (χ0v) is 10.2. The highest BCUT2D eigenvalue weighted by molar-refractivity contribution is 8.13. The molecule has 0 heterocycles. The van der Waals surface area contributed by atoms with E-state index in [2.05, 4.69) is 0 Å². The van der Waals surface area contributed by atoms with Crippen molar-refractivity contribution in [2.45, 2.75) is 18.0 Å². The minimum Gasteiger partial charge on any atom is -0.492 e. The summed E-state index contributed by atoms with van der Waals surface area (Å²) in [7, 11) is 0.461. The Bertz CT molecular complexity index is 511. The highest BCUT2D eigenvalue weighted by Gasteiger charge is 2.38. The molecule has 0 saturated heterocycles. The maximum atomic E-state index is 12.6. The van der Waals surface area contributed by atoms with Gasteiger partial charge in [0, 0.05) is 10.7 Å². The molecule has 0 N–H and O–H groups in total. The van der Waals surface area contributed by atoms with Crippen LogP contribution in [-0.2, 0) is 15.2 Å². The number of rotatable bonds is 3. The lowest BCUT2D eigenvalue weighted by Crippen LogP contribution is -2.12. The molecule has 96 valence electrons. The summed E-state index contributed by atoms with van der Waals surface area (Å²) >= 11 is 0. The van der Waals surface area contributed by atoms with Gasteiger partial charge in [-0.15, -0.1) is 0 Å². The Labute approximate surface area is 101 Å². The second kappa shape index (κ2) is 4.73. The molecule has 1 rings (SSSR count). The second-order valence-corrected chi connectivity index (χ2v) is 5.50. The van der Waals surface area contributed by atoms with Gasteiger partial charge in [-0.05, 0) is 19.1 Å². The molecule has 1 aromatic carbocycles. The van der Waals surface area contributed by atoms with Crippen molar-refractivity contribution in [2.24, 2.45) is 0 Å². The average Bonchev–Trinajstić information content (AvgIpc) is 2.14. The van der Waals surface area contributed by atoms with E-state index in [9.17, 15) is 21.6 Å². The smallest absolute Gasteiger partial charge is 0.417 e. The molecule has 0 aromatic heterocycles. The number of alkyl halides is 3. The number of hydrogen-bond acceptors (Lipinski definition) is 3. The van der Waals surface area contributed by atoms with Crippen molar-refractivity contribution in [3.8, 4) is 5.75 Å². The Kier molecular flexibility index (Phi) is 3.93. The highest BCUT2D eigenvalue weighted by Crippen LogP contribution is 2.40. The summed E-state index contributed by atoms with van der Waals surface area (Å²) in [6, 6.07) is 2.81. The molecule has 0 atom stereocenters. The van der Waals surface area contributed by atoms with Gasteiger partial charge in [0.1, 0.15) is 10.6 Å². The minimum absolute atomic E-state index is 0.0285. The van der Waals surface area contributed by atoms with E-state index in [-0.39, 0.29) is 6.61 Å².